The molecule has 0 atom stereocenters. The van der Waals surface area contributed by atoms with Crippen molar-refractivity contribution in [2.75, 3.05) is 13.1 Å². The summed E-state index contributed by atoms with van der Waals surface area (Å²) in [7, 11) is 0. The minimum Gasteiger partial charge on any atom is -0.299 e. The summed E-state index contributed by atoms with van der Waals surface area (Å²) < 4.78 is 13.7. The van der Waals surface area contributed by atoms with E-state index in [1.165, 1.54) is 24.8 Å². The molecule has 1 heterocycles. The molecule has 1 aromatic carbocycles. The molecule has 1 aliphatic rings. The van der Waals surface area contributed by atoms with Gasteiger partial charge in [-0.1, -0.05) is 26.3 Å². The van der Waals surface area contributed by atoms with Crippen LogP contribution in [0.15, 0.2) is 22.7 Å². The normalized spacial score (nSPS) is 20.0. The second-order valence-electron chi connectivity index (χ2n) is 5.69. The monoisotopic (exact) mass is 313 g/mol. The molecule has 3 heteroatoms. The summed E-state index contributed by atoms with van der Waals surface area (Å²) in [5, 5.41) is 0. The molecule has 0 N–H and O–H groups in total. The Morgan fingerprint density at radius 3 is 2.56 bits per heavy atom. The molecule has 1 saturated heterocycles. The molecule has 100 valence electrons. The van der Waals surface area contributed by atoms with E-state index >= 15 is 0 Å². The Bertz CT molecular complexity index is 411. The predicted molar refractivity (Wildman–Crippen MR) is 77.0 cm³/mol. The molecule has 1 aliphatic heterocycles. The van der Waals surface area contributed by atoms with E-state index in [4.69, 9.17) is 0 Å². The minimum atomic E-state index is -0.184. The second kappa shape index (κ2) is 5.70. The zero-order valence-electron chi connectivity index (χ0n) is 11.2. The van der Waals surface area contributed by atoms with Gasteiger partial charge >= 0.3 is 0 Å². The van der Waals surface area contributed by atoms with Gasteiger partial charge in [0.2, 0.25) is 0 Å². The number of likely N-dealkylation sites (tertiary alicyclic amines) is 1. The lowest BCUT2D eigenvalue weighted by atomic mass is 9.78. The molecule has 0 amide bonds. The lowest BCUT2D eigenvalue weighted by Crippen LogP contribution is -2.37. The molecule has 0 unspecified atom stereocenters. The average molecular weight is 314 g/mol. The molecule has 1 fully saturated rings. The molecule has 0 spiro atoms. The van der Waals surface area contributed by atoms with Crippen molar-refractivity contribution < 1.29 is 4.39 Å². The van der Waals surface area contributed by atoms with Crippen molar-refractivity contribution in [2.45, 2.75) is 39.7 Å². The van der Waals surface area contributed by atoms with Crippen LogP contribution in [0.25, 0.3) is 0 Å². The van der Waals surface area contributed by atoms with Crippen LogP contribution in [-0.2, 0) is 6.54 Å². The topological polar surface area (TPSA) is 3.24 Å². The average Bonchev–Trinajstić information content (AvgIpc) is 2.37. The van der Waals surface area contributed by atoms with Gasteiger partial charge in [0.1, 0.15) is 5.82 Å². The Kier molecular flexibility index (Phi) is 4.44. The van der Waals surface area contributed by atoms with E-state index in [1.54, 1.807) is 6.07 Å². The van der Waals surface area contributed by atoms with Crippen LogP contribution in [-0.4, -0.2) is 18.0 Å². The predicted octanol–water partition coefficient (Wildman–Crippen LogP) is 4.60. The van der Waals surface area contributed by atoms with Crippen molar-refractivity contribution in [3.63, 3.8) is 0 Å². The van der Waals surface area contributed by atoms with E-state index in [0.717, 1.165) is 19.6 Å². The van der Waals surface area contributed by atoms with Crippen LogP contribution in [0.3, 0.4) is 0 Å². The standard InChI is InChI=1S/C15H21BrFN/c1-3-15(2)6-8-18(9-7-15)11-12-4-5-14(17)13(16)10-12/h4-5,10H,3,6-9,11H2,1-2H3. The molecule has 0 aromatic heterocycles. The minimum absolute atomic E-state index is 0.184. The summed E-state index contributed by atoms with van der Waals surface area (Å²) in [4.78, 5) is 2.47. The van der Waals surface area contributed by atoms with Crippen molar-refractivity contribution in [2.24, 2.45) is 5.41 Å². The molecule has 1 aromatic rings. The van der Waals surface area contributed by atoms with Crippen LogP contribution >= 0.6 is 15.9 Å². The third kappa shape index (κ3) is 3.33. The maximum atomic E-state index is 13.2. The number of rotatable bonds is 3. The summed E-state index contributed by atoms with van der Waals surface area (Å²) in [6.45, 7) is 7.91. The van der Waals surface area contributed by atoms with Gasteiger partial charge in [-0.2, -0.15) is 0 Å². The highest BCUT2D eigenvalue weighted by atomic mass is 79.9. The number of nitrogens with zero attached hydrogens (tertiary/aromatic N) is 1. The van der Waals surface area contributed by atoms with Crippen molar-refractivity contribution in [3.05, 3.63) is 34.1 Å². The van der Waals surface area contributed by atoms with Gasteiger partial charge in [0.15, 0.2) is 0 Å². The number of hydrogen-bond acceptors (Lipinski definition) is 1. The van der Waals surface area contributed by atoms with Gasteiger partial charge in [0.25, 0.3) is 0 Å². The number of benzene rings is 1. The van der Waals surface area contributed by atoms with Gasteiger partial charge in [-0.25, -0.2) is 4.39 Å². The first-order valence-electron chi connectivity index (χ1n) is 6.69. The Morgan fingerprint density at radius 2 is 2.00 bits per heavy atom. The molecule has 0 bridgehead atoms. The SMILES string of the molecule is CCC1(C)CCN(Cc2ccc(F)c(Br)c2)CC1. The molecular weight excluding hydrogens is 293 g/mol. The fourth-order valence-corrected chi connectivity index (χ4v) is 2.93. The van der Waals surface area contributed by atoms with Crippen LogP contribution in [0.5, 0.6) is 0 Å². The first kappa shape index (κ1) is 14.0. The molecule has 0 aliphatic carbocycles. The maximum Gasteiger partial charge on any atom is 0.137 e. The van der Waals surface area contributed by atoms with Gasteiger partial charge < -0.3 is 0 Å². The molecule has 2 rings (SSSR count). The quantitative estimate of drug-likeness (QED) is 0.788. The highest BCUT2D eigenvalue weighted by molar-refractivity contribution is 9.10. The van der Waals surface area contributed by atoms with E-state index in [1.807, 2.05) is 12.1 Å². The molecule has 0 saturated carbocycles. The number of piperidine rings is 1. The zero-order chi connectivity index (χ0) is 13.2. The second-order valence-corrected chi connectivity index (χ2v) is 6.54. The Balaban J connectivity index is 1.93. The summed E-state index contributed by atoms with van der Waals surface area (Å²) in [5.41, 5.74) is 1.71. The van der Waals surface area contributed by atoms with Crippen molar-refractivity contribution in [3.8, 4) is 0 Å². The summed E-state index contributed by atoms with van der Waals surface area (Å²) >= 11 is 3.25. The largest absolute Gasteiger partial charge is 0.299 e. The van der Waals surface area contributed by atoms with Crippen molar-refractivity contribution in [1.29, 1.82) is 0 Å². The maximum absolute atomic E-state index is 13.2. The van der Waals surface area contributed by atoms with Gasteiger partial charge in [0, 0.05) is 6.54 Å². The van der Waals surface area contributed by atoms with Crippen molar-refractivity contribution >= 4 is 15.9 Å². The fraction of sp³-hybridized carbons (Fsp3) is 0.600. The fourth-order valence-electron chi connectivity index (χ4n) is 2.50. The Hall–Kier alpha value is -0.410. The van der Waals surface area contributed by atoms with Crippen LogP contribution in [0, 0.1) is 11.2 Å². The lowest BCUT2D eigenvalue weighted by molar-refractivity contribution is 0.109. The number of hydrogen-bond donors (Lipinski definition) is 0. The summed E-state index contributed by atoms with van der Waals surface area (Å²) in [5.74, 6) is -0.184. The van der Waals surface area contributed by atoms with E-state index < -0.39 is 0 Å². The first-order valence-corrected chi connectivity index (χ1v) is 7.48. The smallest absolute Gasteiger partial charge is 0.137 e. The Labute approximate surface area is 118 Å². The first-order chi connectivity index (χ1) is 8.52. The lowest BCUT2D eigenvalue weighted by Gasteiger charge is -2.39. The van der Waals surface area contributed by atoms with Crippen LogP contribution in [0.2, 0.25) is 0 Å². The van der Waals surface area contributed by atoms with Gasteiger partial charge in [0.05, 0.1) is 4.47 Å². The van der Waals surface area contributed by atoms with Crippen LogP contribution < -0.4 is 0 Å². The van der Waals surface area contributed by atoms with Gasteiger partial charge in [-0.15, -0.1) is 0 Å². The molecule has 1 nitrogen and oxygen atoms in total. The third-order valence-electron chi connectivity index (χ3n) is 4.31. The molecular formula is C15H21BrFN. The van der Waals surface area contributed by atoms with E-state index in [9.17, 15) is 4.39 Å². The zero-order valence-corrected chi connectivity index (χ0v) is 12.8. The third-order valence-corrected chi connectivity index (χ3v) is 4.91. The van der Waals surface area contributed by atoms with Crippen molar-refractivity contribution in [1.82, 2.24) is 4.90 Å². The molecule has 18 heavy (non-hydrogen) atoms. The summed E-state index contributed by atoms with van der Waals surface area (Å²) in [6.07, 6.45) is 3.81. The van der Waals surface area contributed by atoms with E-state index in [2.05, 4.69) is 34.7 Å². The molecule has 0 radical (unpaired) electrons. The highest BCUT2D eigenvalue weighted by Crippen LogP contribution is 2.34. The van der Waals surface area contributed by atoms with E-state index in [-0.39, 0.29) is 5.82 Å². The Morgan fingerprint density at radius 1 is 1.33 bits per heavy atom. The number of halogens is 2. The van der Waals surface area contributed by atoms with Crippen LogP contribution in [0.4, 0.5) is 4.39 Å². The van der Waals surface area contributed by atoms with Gasteiger partial charge in [-0.05, 0) is 65.0 Å². The van der Waals surface area contributed by atoms with Crippen LogP contribution in [0.1, 0.15) is 38.7 Å². The van der Waals surface area contributed by atoms with E-state index in [0.29, 0.717) is 9.89 Å². The summed E-state index contributed by atoms with van der Waals surface area (Å²) in [6, 6.07) is 5.32. The van der Waals surface area contributed by atoms with Gasteiger partial charge in [-0.3, -0.25) is 4.90 Å². The highest BCUT2D eigenvalue weighted by Gasteiger charge is 2.28.